The number of pyridine rings is 2. The summed E-state index contributed by atoms with van der Waals surface area (Å²) in [7, 11) is 0. The number of thiocarbonyl (C=S) groups is 1. The van der Waals surface area contributed by atoms with Gasteiger partial charge in [-0.2, -0.15) is 5.10 Å². The van der Waals surface area contributed by atoms with Crippen LogP contribution < -0.4 is 16.1 Å². The molecule has 9 heteroatoms. The summed E-state index contributed by atoms with van der Waals surface area (Å²) in [6.45, 7) is 3.15. The number of hydrogen-bond donors (Lipinski definition) is 2. The second-order valence-corrected chi connectivity index (χ2v) is 5.82. The third-order valence-corrected chi connectivity index (χ3v) is 4.15. The average Bonchev–Trinajstić information content (AvgIpc) is 2.67. The van der Waals surface area contributed by atoms with Crippen molar-refractivity contribution in [2.75, 3.05) is 31.1 Å². The molecular weight excluding hydrogens is 341 g/mol. The van der Waals surface area contributed by atoms with Crippen LogP contribution in [0.15, 0.2) is 47.8 Å². The average molecular weight is 359 g/mol. The van der Waals surface area contributed by atoms with Crippen LogP contribution in [0.3, 0.4) is 0 Å². The number of hydrogen-bond acceptors (Lipinski definition) is 5. The van der Waals surface area contributed by atoms with Gasteiger partial charge in [-0.3, -0.25) is 5.43 Å². The first kappa shape index (κ1) is 17.0. The van der Waals surface area contributed by atoms with E-state index in [9.17, 15) is 4.39 Å². The van der Waals surface area contributed by atoms with Gasteiger partial charge in [-0.05, 0) is 36.5 Å². The number of nitrogens with two attached hydrogens (primary N) is 1. The van der Waals surface area contributed by atoms with Crippen LogP contribution in [0.2, 0.25) is 0 Å². The fourth-order valence-electron chi connectivity index (χ4n) is 2.44. The van der Waals surface area contributed by atoms with Crippen molar-refractivity contribution in [3.63, 3.8) is 0 Å². The summed E-state index contributed by atoms with van der Waals surface area (Å²) < 4.78 is 12.9. The molecule has 0 atom stereocenters. The van der Waals surface area contributed by atoms with Gasteiger partial charge in [0.25, 0.3) is 0 Å². The summed E-state index contributed by atoms with van der Waals surface area (Å²) in [6, 6.07) is 8.61. The zero-order valence-corrected chi connectivity index (χ0v) is 14.3. The largest absolute Gasteiger partial charge is 0.380 e. The fourth-order valence-corrected chi connectivity index (χ4v) is 2.67. The summed E-state index contributed by atoms with van der Waals surface area (Å²) in [5, 5.41) is 4.52. The topological polar surface area (TPSA) is 82.7 Å². The second-order valence-electron chi connectivity index (χ2n) is 5.44. The minimum Gasteiger partial charge on any atom is -0.380 e. The van der Waals surface area contributed by atoms with E-state index in [2.05, 4.69) is 25.4 Å². The maximum atomic E-state index is 12.9. The summed E-state index contributed by atoms with van der Waals surface area (Å²) in [6.07, 6.45) is 2.88. The lowest BCUT2D eigenvalue weighted by molar-refractivity contribution is 0.380. The predicted octanol–water partition coefficient (Wildman–Crippen LogP) is 0.933. The maximum Gasteiger partial charge on any atom is 0.189 e. The zero-order chi connectivity index (χ0) is 17.6. The Morgan fingerprint density at radius 1 is 1.16 bits per heavy atom. The third kappa shape index (κ3) is 4.38. The minimum absolute atomic E-state index is 0.148. The molecule has 0 amide bonds. The van der Waals surface area contributed by atoms with E-state index in [4.69, 9.17) is 18.0 Å². The number of anilines is 1. The smallest absolute Gasteiger partial charge is 0.189 e. The lowest BCUT2D eigenvalue weighted by Gasteiger charge is -2.36. The van der Waals surface area contributed by atoms with Crippen molar-refractivity contribution >= 4 is 29.0 Å². The molecule has 1 fully saturated rings. The van der Waals surface area contributed by atoms with Crippen LogP contribution in [0, 0.1) is 5.82 Å². The first-order valence-electron chi connectivity index (χ1n) is 7.79. The van der Waals surface area contributed by atoms with Crippen molar-refractivity contribution in [3.8, 4) is 0 Å². The normalized spacial score (nSPS) is 15.2. The first-order valence-corrected chi connectivity index (χ1v) is 8.20. The van der Waals surface area contributed by atoms with Crippen molar-refractivity contribution in [2.24, 2.45) is 10.8 Å². The van der Waals surface area contributed by atoms with Gasteiger partial charge in [-0.15, -0.1) is 0 Å². The molecule has 0 aliphatic carbocycles. The van der Waals surface area contributed by atoms with Gasteiger partial charge in [0.05, 0.1) is 6.20 Å². The highest BCUT2D eigenvalue weighted by molar-refractivity contribution is 7.80. The Morgan fingerprint density at radius 2 is 1.96 bits per heavy atom. The van der Waals surface area contributed by atoms with Gasteiger partial charge < -0.3 is 15.5 Å². The summed E-state index contributed by atoms with van der Waals surface area (Å²) in [5.41, 5.74) is 8.99. The Balaban J connectivity index is 1.52. The Bertz CT molecular complexity index is 743. The summed E-state index contributed by atoms with van der Waals surface area (Å²) in [4.78, 5) is 12.5. The van der Waals surface area contributed by atoms with E-state index < -0.39 is 5.82 Å². The number of hydrazone groups is 1. The molecular formula is C16H18FN7S. The molecule has 0 radical (unpaired) electrons. The zero-order valence-electron chi connectivity index (χ0n) is 13.5. The number of halogens is 1. The van der Waals surface area contributed by atoms with Gasteiger partial charge in [0.1, 0.15) is 17.3 Å². The maximum absolute atomic E-state index is 12.9. The molecule has 1 aliphatic rings. The van der Waals surface area contributed by atoms with Gasteiger partial charge in [0.15, 0.2) is 10.9 Å². The first-order chi connectivity index (χ1) is 12.1. The SMILES string of the molecule is N/C(=N\NC(=S)N1CCN(c2ccccn2)CC1)c1ccc(F)cn1. The molecule has 7 nitrogen and oxygen atoms in total. The molecule has 2 aromatic rings. The molecule has 0 aromatic carbocycles. The lowest BCUT2D eigenvalue weighted by atomic mass is 10.3. The van der Waals surface area contributed by atoms with Gasteiger partial charge in [-0.1, -0.05) is 6.07 Å². The van der Waals surface area contributed by atoms with E-state index in [1.807, 2.05) is 23.1 Å². The number of nitrogens with zero attached hydrogens (tertiary/aromatic N) is 5. The predicted molar refractivity (Wildman–Crippen MR) is 98.7 cm³/mol. The van der Waals surface area contributed by atoms with Crippen molar-refractivity contribution in [1.29, 1.82) is 0 Å². The van der Waals surface area contributed by atoms with Gasteiger partial charge >= 0.3 is 0 Å². The number of rotatable bonds is 3. The minimum atomic E-state index is -0.425. The van der Waals surface area contributed by atoms with Crippen LogP contribution in [0.4, 0.5) is 10.2 Å². The number of amidine groups is 1. The van der Waals surface area contributed by atoms with Crippen LogP contribution in [0.25, 0.3) is 0 Å². The number of aromatic nitrogens is 2. The molecule has 0 saturated carbocycles. The standard InChI is InChI=1S/C16H18FN7S/c17-12-4-5-13(20-11-12)15(18)21-22-16(25)24-9-7-23(8-10-24)14-3-1-2-6-19-14/h1-6,11H,7-10H2,(H2,18,21)(H,22,25). The highest BCUT2D eigenvalue weighted by Gasteiger charge is 2.19. The van der Waals surface area contributed by atoms with Gasteiger partial charge in [0.2, 0.25) is 0 Å². The quantitative estimate of drug-likeness (QED) is 0.365. The Morgan fingerprint density at radius 3 is 2.60 bits per heavy atom. The van der Waals surface area contributed by atoms with Crippen LogP contribution in [-0.2, 0) is 0 Å². The van der Waals surface area contributed by atoms with Gasteiger partial charge in [0, 0.05) is 32.4 Å². The highest BCUT2D eigenvalue weighted by Crippen LogP contribution is 2.12. The monoisotopic (exact) mass is 359 g/mol. The molecule has 0 unspecified atom stereocenters. The number of nitrogens with one attached hydrogen (secondary N) is 1. The van der Waals surface area contributed by atoms with Crippen molar-refractivity contribution in [3.05, 3.63) is 54.2 Å². The van der Waals surface area contributed by atoms with E-state index in [0.717, 1.165) is 38.2 Å². The fraction of sp³-hybridized carbons (Fsp3) is 0.250. The van der Waals surface area contributed by atoms with Gasteiger partial charge in [-0.25, -0.2) is 14.4 Å². The van der Waals surface area contributed by atoms with E-state index in [0.29, 0.717) is 10.8 Å². The molecule has 25 heavy (non-hydrogen) atoms. The third-order valence-electron chi connectivity index (χ3n) is 3.80. The molecule has 3 rings (SSSR count). The van der Waals surface area contributed by atoms with E-state index >= 15 is 0 Å². The summed E-state index contributed by atoms with van der Waals surface area (Å²) in [5.74, 6) is 0.686. The molecule has 2 aromatic heterocycles. The Labute approximate surface area is 150 Å². The second kappa shape index (κ2) is 7.84. The van der Waals surface area contributed by atoms with Crippen LogP contribution in [-0.4, -0.2) is 52.0 Å². The van der Waals surface area contributed by atoms with Crippen LogP contribution >= 0.6 is 12.2 Å². The number of piperazine rings is 1. The Hall–Kier alpha value is -2.81. The molecule has 0 bridgehead atoms. The van der Waals surface area contributed by atoms with Crippen LogP contribution in [0.5, 0.6) is 0 Å². The lowest BCUT2D eigenvalue weighted by Crippen LogP contribution is -2.51. The molecule has 1 aliphatic heterocycles. The van der Waals surface area contributed by atoms with E-state index in [1.54, 1.807) is 6.20 Å². The summed E-state index contributed by atoms with van der Waals surface area (Å²) >= 11 is 5.36. The molecule has 0 spiro atoms. The van der Waals surface area contributed by atoms with Crippen molar-refractivity contribution in [2.45, 2.75) is 0 Å². The highest BCUT2D eigenvalue weighted by atomic mass is 32.1. The molecule has 3 N–H and O–H groups in total. The molecule has 3 heterocycles. The van der Waals surface area contributed by atoms with Crippen molar-refractivity contribution < 1.29 is 4.39 Å². The van der Waals surface area contributed by atoms with Crippen molar-refractivity contribution in [1.82, 2.24) is 20.3 Å². The van der Waals surface area contributed by atoms with E-state index in [1.165, 1.54) is 12.1 Å². The molecule has 1 saturated heterocycles. The van der Waals surface area contributed by atoms with Crippen LogP contribution in [0.1, 0.15) is 5.69 Å². The molecule has 130 valence electrons. The van der Waals surface area contributed by atoms with E-state index in [-0.39, 0.29) is 5.84 Å². The Kier molecular flexibility index (Phi) is 5.34.